The van der Waals surface area contributed by atoms with Crippen LogP contribution in [0.25, 0.3) is 44.5 Å². The van der Waals surface area contributed by atoms with Crippen molar-refractivity contribution < 1.29 is 13.2 Å². The molecule has 2 fully saturated rings. The number of sulfone groups is 1. The van der Waals surface area contributed by atoms with Crippen molar-refractivity contribution in [3.05, 3.63) is 76.8 Å². The second kappa shape index (κ2) is 11.1. The molecule has 5 heterocycles. The molecule has 0 spiro atoms. The number of nitrogens with one attached hydrogen (secondary N) is 1. The molecule has 1 atom stereocenters. The first-order valence-electron chi connectivity index (χ1n) is 15.0. The van der Waals surface area contributed by atoms with E-state index in [2.05, 4.69) is 46.3 Å². The second-order valence-corrected chi connectivity index (χ2v) is 14.4. The van der Waals surface area contributed by atoms with Crippen molar-refractivity contribution in [3.8, 4) is 22.4 Å². The summed E-state index contributed by atoms with van der Waals surface area (Å²) < 4.78 is 33.4. The SMILES string of the molecule is Cn1c(=O)n([C@H]2CCCOC2)c2c3c(-c4ccccc4)c(-c4ccc(CN5CCC(S(C)(=O)=O)CC5)cc4)[nH]c3ncc21. The molecule has 224 valence electrons. The highest BCUT2D eigenvalue weighted by molar-refractivity contribution is 7.91. The zero-order valence-electron chi connectivity index (χ0n) is 24.6. The summed E-state index contributed by atoms with van der Waals surface area (Å²) in [5, 5.41) is 0.719. The van der Waals surface area contributed by atoms with Gasteiger partial charge in [0, 0.05) is 32.0 Å². The van der Waals surface area contributed by atoms with E-state index >= 15 is 0 Å². The lowest BCUT2D eigenvalue weighted by Crippen LogP contribution is -2.38. The Labute approximate surface area is 251 Å². The molecule has 2 aliphatic heterocycles. The number of H-pyrrole nitrogens is 1. The van der Waals surface area contributed by atoms with Gasteiger partial charge in [-0.25, -0.2) is 18.2 Å². The van der Waals surface area contributed by atoms with Crippen LogP contribution in [0.3, 0.4) is 0 Å². The third-order valence-corrected chi connectivity index (χ3v) is 10.9. The monoisotopic (exact) mass is 599 g/mol. The Balaban J connectivity index is 1.31. The number of aromatic amines is 1. The fourth-order valence-corrected chi connectivity index (χ4v) is 7.95. The first-order chi connectivity index (χ1) is 20.8. The van der Waals surface area contributed by atoms with E-state index in [9.17, 15) is 13.2 Å². The number of benzene rings is 2. The van der Waals surface area contributed by atoms with E-state index < -0.39 is 9.84 Å². The number of fused-ring (bicyclic) bond motifs is 3. The lowest BCUT2D eigenvalue weighted by molar-refractivity contribution is 0.0593. The van der Waals surface area contributed by atoms with Crippen LogP contribution >= 0.6 is 0 Å². The highest BCUT2D eigenvalue weighted by Gasteiger charge is 2.28. The van der Waals surface area contributed by atoms with Crippen LogP contribution in [0.4, 0.5) is 0 Å². The quantitative estimate of drug-likeness (QED) is 0.298. The van der Waals surface area contributed by atoms with Gasteiger partial charge < -0.3 is 9.72 Å². The summed E-state index contributed by atoms with van der Waals surface area (Å²) in [4.78, 5) is 24.4. The van der Waals surface area contributed by atoms with Gasteiger partial charge in [-0.3, -0.25) is 14.0 Å². The van der Waals surface area contributed by atoms with Crippen molar-refractivity contribution in [1.29, 1.82) is 0 Å². The summed E-state index contributed by atoms with van der Waals surface area (Å²) in [5.41, 5.74) is 7.67. The number of aromatic nitrogens is 4. The maximum Gasteiger partial charge on any atom is 0.329 e. The number of imidazole rings is 1. The van der Waals surface area contributed by atoms with E-state index in [1.54, 1.807) is 10.8 Å². The average Bonchev–Trinajstić information content (AvgIpc) is 3.53. The number of hydrogen-bond acceptors (Lipinski definition) is 6. The van der Waals surface area contributed by atoms with Crippen LogP contribution in [0.5, 0.6) is 0 Å². The molecule has 2 aromatic carbocycles. The molecule has 7 rings (SSSR count). The minimum Gasteiger partial charge on any atom is -0.379 e. The Kier molecular flexibility index (Phi) is 7.23. The summed E-state index contributed by atoms with van der Waals surface area (Å²) in [6.07, 6.45) is 6.34. The van der Waals surface area contributed by atoms with Crippen LogP contribution < -0.4 is 5.69 Å². The molecule has 10 heteroatoms. The van der Waals surface area contributed by atoms with Crippen LogP contribution in [0.1, 0.15) is 37.3 Å². The molecule has 0 aliphatic carbocycles. The predicted octanol–water partition coefficient (Wildman–Crippen LogP) is 4.91. The van der Waals surface area contributed by atoms with Gasteiger partial charge >= 0.3 is 5.69 Å². The molecular weight excluding hydrogens is 562 g/mol. The smallest absolute Gasteiger partial charge is 0.329 e. The van der Waals surface area contributed by atoms with Gasteiger partial charge in [-0.1, -0.05) is 54.6 Å². The summed E-state index contributed by atoms with van der Waals surface area (Å²) in [5.74, 6) is 0. The molecule has 0 bridgehead atoms. The topological polar surface area (TPSA) is 102 Å². The number of hydrogen-bond donors (Lipinski definition) is 1. The van der Waals surface area contributed by atoms with Gasteiger partial charge in [0.25, 0.3) is 0 Å². The predicted molar refractivity (Wildman–Crippen MR) is 170 cm³/mol. The second-order valence-electron chi connectivity index (χ2n) is 12.0. The van der Waals surface area contributed by atoms with E-state index in [1.165, 1.54) is 11.8 Å². The van der Waals surface area contributed by atoms with E-state index in [1.807, 2.05) is 29.8 Å². The van der Waals surface area contributed by atoms with Crippen LogP contribution in [0.15, 0.2) is 65.6 Å². The fourth-order valence-electron chi connectivity index (χ4n) is 6.89. The van der Waals surface area contributed by atoms with Crippen LogP contribution in [-0.2, 0) is 28.2 Å². The van der Waals surface area contributed by atoms with E-state index in [0.29, 0.717) is 19.4 Å². The molecule has 0 amide bonds. The van der Waals surface area contributed by atoms with Gasteiger partial charge in [0.05, 0.1) is 46.2 Å². The zero-order valence-corrected chi connectivity index (χ0v) is 25.4. The van der Waals surface area contributed by atoms with Crippen molar-refractivity contribution in [2.24, 2.45) is 7.05 Å². The third-order valence-electron chi connectivity index (χ3n) is 9.22. The van der Waals surface area contributed by atoms with Gasteiger partial charge in [0.1, 0.15) is 15.5 Å². The number of ether oxygens (including phenoxy) is 1. The number of aryl methyl sites for hydroxylation is 1. The molecular formula is C33H37N5O4S. The van der Waals surface area contributed by atoms with E-state index in [0.717, 1.165) is 83.5 Å². The van der Waals surface area contributed by atoms with Crippen molar-refractivity contribution in [2.75, 3.05) is 32.6 Å². The molecule has 0 saturated carbocycles. The number of pyridine rings is 1. The van der Waals surface area contributed by atoms with E-state index in [4.69, 9.17) is 9.72 Å². The van der Waals surface area contributed by atoms with Gasteiger partial charge in [-0.15, -0.1) is 0 Å². The van der Waals surface area contributed by atoms with Gasteiger partial charge in [0.15, 0.2) is 0 Å². The first kappa shape index (κ1) is 28.1. The fraction of sp³-hybridized carbons (Fsp3) is 0.394. The van der Waals surface area contributed by atoms with Crippen molar-refractivity contribution >= 4 is 31.9 Å². The molecule has 2 aliphatic rings. The number of nitrogens with zero attached hydrogens (tertiary/aromatic N) is 4. The van der Waals surface area contributed by atoms with Crippen LogP contribution in [-0.4, -0.2) is 70.2 Å². The minimum absolute atomic E-state index is 0.0284. The van der Waals surface area contributed by atoms with Gasteiger partial charge in [-0.05, 0) is 55.5 Å². The first-order valence-corrected chi connectivity index (χ1v) is 17.0. The van der Waals surface area contributed by atoms with Gasteiger partial charge in [0.2, 0.25) is 0 Å². The highest BCUT2D eigenvalue weighted by Crippen LogP contribution is 2.41. The largest absolute Gasteiger partial charge is 0.379 e. The number of rotatable bonds is 6. The molecule has 9 nitrogen and oxygen atoms in total. The summed E-state index contributed by atoms with van der Waals surface area (Å²) >= 11 is 0. The molecule has 1 N–H and O–H groups in total. The molecule has 3 aromatic heterocycles. The maximum atomic E-state index is 13.6. The van der Waals surface area contributed by atoms with Crippen molar-refractivity contribution in [1.82, 2.24) is 24.0 Å². The highest BCUT2D eigenvalue weighted by atomic mass is 32.2. The summed E-state index contributed by atoms with van der Waals surface area (Å²) in [7, 11) is -1.17. The molecule has 0 unspecified atom stereocenters. The summed E-state index contributed by atoms with van der Waals surface area (Å²) in [6.45, 7) is 3.61. The number of likely N-dealkylation sites (tertiary alicyclic amines) is 1. The Morgan fingerprint density at radius 3 is 2.42 bits per heavy atom. The van der Waals surface area contributed by atoms with Crippen molar-refractivity contribution in [2.45, 2.75) is 43.5 Å². The minimum atomic E-state index is -2.98. The Morgan fingerprint density at radius 2 is 1.74 bits per heavy atom. The van der Waals surface area contributed by atoms with Gasteiger partial charge in [-0.2, -0.15) is 0 Å². The molecule has 5 aromatic rings. The normalized spacial score (nSPS) is 19.0. The van der Waals surface area contributed by atoms with Crippen LogP contribution in [0, 0.1) is 0 Å². The average molecular weight is 600 g/mol. The van der Waals surface area contributed by atoms with Crippen molar-refractivity contribution in [3.63, 3.8) is 0 Å². The Morgan fingerprint density at radius 1 is 1.00 bits per heavy atom. The van der Waals surface area contributed by atoms with Crippen LogP contribution in [0.2, 0.25) is 0 Å². The van der Waals surface area contributed by atoms with E-state index in [-0.39, 0.29) is 17.0 Å². The maximum absolute atomic E-state index is 13.6. The Hall–Kier alpha value is -3.73. The third kappa shape index (κ3) is 5.11. The summed E-state index contributed by atoms with van der Waals surface area (Å²) in [6, 6.07) is 18.8. The standard InChI is InChI=1S/C33H37N5O4S/c1-36-27-19-34-32-29(31(27)38(33(36)39)25-9-6-18-42-21-25)28(23-7-4-3-5-8-23)30(35-32)24-12-10-22(11-13-24)20-37-16-14-26(15-17-37)43(2,40)41/h3-5,7-8,10-13,19,25-26H,6,9,14-18,20-21H2,1-2H3,(H,34,35)/t25-/m0/s1. The lowest BCUT2D eigenvalue weighted by Gasteiger charge is -2.31. The lowest BCUT2D eigenvalue weighted by atomic mass is 9.97. The molecule has 43 heavy (non-hydrogen) atoms. The zero-order chi connectivity index (χ0) is 29.7. The molecule has 0 radical (unpaired) electrons. The molecule has 2 saturated heterocycles. The Bertz CT molecular complexity index is 1940. The number of piperidine rings is 1.